The number of ether oxygens (including phenoxy) is 1. The van der Waals surface area contributed by atoms with Crippen molar-refractivity contribution in [3.05, 3.63) is 126 Å². The average Bonchev–Trinajstić information content (AvgIpc) is 3.98. The first kappa shape index (κ1) is 44.6. The van der Waals surface area contributed by atoms with E-state index in [2.05, 4.69) is 20.6 Å². The van der Waals surface area contributed by atoms with Crippen LogP contribution in [-0.4, -0.2) is 98.8 Å². The fraction of sp³-hybridized carbons (Fsp3) is 0.333. The molecule has 0 saturated carbocycles. The molecule has 7 rings (SSSR count). The summed E-state index contributed by atoms with van der Waals surface area (Å²) in [5, 5.41) is 15.7. The number of aliphatic carboxylic acids is 1. The first-order valence-corrected chi connectivity index (χ1v) is 20.8. The number of carbonyl (C=O) groups is 6. The highest BCUT2D eigenvalue weighted by atomic mass is 16.5. The third-order valence-electron chi connectivity index (χ3n) is 11.1. The van der Waals surface area contributed by atoms with Crippen LogP contribution in [0.1, 0.15) is 56.4 Å². The molecule has 4 amide bonds. The van der Waals surface area contributed by atoms with Crippen LogP contribution in [0.5, 0.6) is 0 Å². The Kier molecular flexibility index (Phi) is 15.1. The molecule has 5 aromatic rings. The summed E-state index contributed by atoms with van der Waals surface area (Å²) in [6.07, 6.45) is 5.82. The molecule has 0 aliphatic carbocycles. The lowest BCUT2D eigenvalue weighted by molar-refractivity contribution is -0.139. The second-order valence-electron chi connectivity index (χ2n) is 15.8. The fourth-order valence-corrected chi connectivity index (χ4v) is 7.82. The maximum atomic E-state index is 13.4. The van der Waals surface area contributed by atoms with Crippen molar-refractivity contribution in [3.63, 3.8) is 0 Å². The summed E-state index contributed by atoms with van der Waals surface area (Å²) < 4.78 is 4.70. The van der Waals surface area contributed by atoms with Gasteiger partial charge in [-0.05, 0) is 71.9 Å². The van der Waals surface area contributed by atoms with Gasteiger partial charge in [-0.1, -0.05) is 92.7 Å². The van der Waals surface area contributed by atoms with Gasteiger partial charge in [0.05, 0.1) is 32.4 Å². The highest BCUT2D eigenvalue weighted by Gasteiger charge is 2.39. The smallest absolute Gasteiger partial charge is 0.407 e. The number of rotatable bonds is 13. The van der Waals surface area contributed by atoms with Crippen molar-refractivity contribution in [1.82, 2.24) is 25.1 Å². The van der Waals surface area contributed by atoms with Crippen LogP contribution >= 0.6 is 0 Å². The van der Waals surface area contributed by atoms with Gasteiger partial charge >= 0.3 is 12.1 Å². The van der Waals surface area contributed by atoms with Gasteiger partial charge in [0.1, 0.15) is 17.9 Å². The number of ketones is 1. The van der Waals surface area contributed by atoms with Gasteiger partial charge in [0.15, 0.2) is 5.78 Å². The molecule has 4 heterocycles. The number of carbonyl (C=O) groups excluding carboxylic acids is 5. The second kappa shape index (κ2) is 21.0. The fourth-order valence-electron chi connectivity index (χ4n) is 7.82. The average molecular weight is 841 g/mol. The summed E-state index contributed by atoms with van der Waals surface area (Å²) in [6.45, 7) is 4.67. The largest absolute Gasteiger partial charge is 0.481 e. The zero-order chi connectivity index (χ0) is 44.2. The number of methoxy groups -OCH3 is 1. The Morgan fingerprint density at radius 3 is 2.00 bits per heavy atom. The summed E-state index contributed by atoms with van der Waals surface area (Å²) in [7, 11) is 1.25. The molecule has 2 fully saturated rings. The number of carboxylic acids is 1. The monoisotopic (exact) mass is 840 g/mol. The molecule has 62 heavy (non-hydrogen) atoms. The van der Waals surface area contributed by atoms with Crippen LogP contribution in [0.4, 0.5) is 10.6 Å². The van der Waals surface area contributed by atoms with Crippen molar-refractivity contribution in [3.8, 4) is 11.1 Å². The van der Waals surface area contributed by atoms with E-state index in [0.29, 0.717) is 43.9 Å². The zero-order valence-electron chi connectivity index (χ0n) is 35.2. The third-order valence-corrected chi connectivity index (χ3v) is 11.1. The van der Waals surface area contributed by atoms with Gasteiger partial charge in [-0.3, -0.25) is 29.0 Å². The molecule has 14 nitrogen and oxygen atoms in total. The van der Waals surface area contributed by atoms with Gasteiger partial charge in [-0.2, -0.15) is 0 Å². The summed E-state index contributed by atoms with van der Waals surface area (Å²) in [5.74, 6) is -1.26. The Morgan fingerprint density at radius 1 is 0.726 bits per heavy atom. The van der Waals surface area contributed by atoms with Crippen LogP contribution in [0.2, 0.25) is 0 Å². The van der Waals surface area contributed by atoms with Crippen molar-refractivity contribution in [2.24, 2.45) is 5.92 Å². The van der Waals surface area contributed by atoms with Gasteiger partial charge in [-0.25, -0.2) is 9.78 Å². The third kappa shape index (κ3) is 11.6. The number of hydrogen-bond donors (Lipinski definition) is 3. The van der Waals surface area contributed by atoms with Crippen LogP contribution < -0.4 is 10.6 Å². The highest BCUT2D eigenvalue weighted by Crippen LogP contribution is 2.27. The molecular formula is C48H52N6O8. The Labute approximate surface area is 360 Å². The van der Waals surface area contributed by atoms with Crippen molar-refractivity contribution in [2.45, 2.75) is 76.9 Å². The van der Waals surface area contributed by atoms with Crippen molar-refractivity contribution >= 4 is 52.2 Å². The minimum atomic E-state index is -0.790. The summed E-state index contributed by atoms with van der Waals surface area (Å²) in [4.78, 5) is 87.5. The maximum Gasteiger partial charge on any atom is 0.407 e. The van der Waals surface area contributed by atoms with E-state index in [-0.39, 0.29) is 48.7 Å². The number of alkyl carbamates (subject to hydrolysis) is 1. The minimum Gasteiger partial charge on any atom is -0.481 e. The van der Waals surface area contributed by atoms with E-state index in [1.165, 1.54) is 7.11 Å². The van der Waals surface area contributed by atoms with E-state index in [4.69, 9.17) is 9.84 Å². The van der Waals surface area contributed by atoms with Crippen molar-refractivity contribution in [2.75, 3.05) is 25.5 Å². The van der Waals surface area contributed by atoms with E-state index in [1.54, 1.807) is 34.3 Å². The molecule has 0 radical (unpaired) electrons. The molecule has 322 valence electrons. The number of hydrogen-bond acceptors (Lipinski definition) is 9. The summed E-state index contributed by atoms with van der Waals surface area (Å²) in [5.41, 5.74) is 4.11. The first-order chi connectivity index (χ1) is 29.9. The number of anilines is 1. The Hall–Kier alpha value is -6.96. The Morgan fingerprint density at radius 2 is 1.37 bits per heavy atom. The van der Waals surface area contributed by atoms with Gasteiger partial charge in [0.2, 0.25) is 17.7 Å². The van der Waals surface area contributed by atoms with Crippen LogP contribution in [0.3, 0.4) is 0 Å². The minimum absolute atomic E-state index is 0.0654. The Bertz CT molecular complexity index is 2370. The molecular weight excluding hydrogens is 789 g/mol. The molecule has 2 saturated heterocycles. The van der Waals surface area contributed by atoms with E-state index < -0.39 is 30.2 Å². The molecule has 14 heteroatoms. The number of amides is 4. The van der Waals surface area contributed by atoms with Crippen LogP contribution in [0.25, 0.3) is 21.9 Å². The van der Waals surface area contributed by atoms with Crippen molar-refractivity contribution < 1.29 is 38.6 Å². The number of likely N-dealkylation sites (tertiary alicyclic amines) is 2. The number of nitrogens with zero attached hydrogens (tertiary/aromatic N) is 4. The number of fused-ring (bicyclic) bond motifs is 1. The van der Waals surface area contributed by atoms with E-state index in [9.17, 15) is 28.8 Å². The van der Waals surface area contributed by atoms with Gasteiger partial charge in [0.25, 0.3) is 0 Å². The van der Waals surface area contributed by atoms with E-state index in [0.717, 1.165) is 39.4 Å². The lowest BCUT2D eigenvalue weighted by Crippen LogP contribution is -2.53. The standard InChI is InChI=1S/C40H44N6O6.C8H8O2/c1-25(2)37(44-40(51)52-3)39(50)46-18-7-11-32(46)34(47)22-31-16-15-28(23-41-31)27-13-14-29-24-42-35(21-30(29)20-27)43-38(49)33-12-8-17-45(33)36(48)19-26-9-5-4-6-10-26;9-8(10)6-7-4-2-1-3-5-7/h4-6,9-10,13-16,20-21,23-25,32-33,37H,7-8,11-12,17-19,22H2,1-3H3,(H,44,51)(H,42,43,49);1-5H,6H2,(H,9,10)/t32-,33-,37-;/m0./s1. The maximum absolute atomic E-state index is 13.4. The zero-order valence-corrected chi connectivity index (χ0v) is 35.2. The lowest BCUT2D eigenvalue weighted by Gasteiger charge is -2.30. The number of carboxylic acid groups (broad SMARTS) is 1. The molecule has 2 aliphatic heterocycles. The lowest BCUT2D eigenvalue weighted by atomic mass is 10.00. The topological polar surface area (TPSA) is 188 Å². The van der Waals surface area contributed by atoms with Gasteiger partial charge in [-0.15, -0.1) is 0 Å². The Balaban J connectivity index is 0.000000564. The van der Waals surface area contributed by atoms with Gasteiger partial charge < -0.3 is 30.3 Å². The highest BCUT2D eigenvalue weighted by molar-refractivity contribution is 5.99. The molecule has 3 atom stereocenters. The number of pyridine rings is 2. The SMILES string of the molecule is COC(=O)N[C@H](C(=O)N1CCC[C@H]1C(=O)Cc1ccc(-c2ccc3cnc(NC(=O)[C@@H]4CCCN4C(=O)Cc4ccccc4)cc3c2)cn1)C(C)C.O=C(O)Cc1ccccc1. The number of aromatic nitrogens is 2. The summed E-state index contributed by atoms with van der Waals surface area (Å²) >= 11 is 0. The normalized spacial score (nSPS) is 16.3. The number of benzene rings is 3. The summed E-state index contributed by atoms with van der Waals surface area (Å²) in [6, 6.07) is 28.2. The number of Topliss-reactive ketones (excluding diaryl/α,β-unsaturated/α-hetero) is 1. The van der Waals surface area contributed by atoms with E-state index in [1.807, 2.05) is 98.8 Å². The molecule has 0 bridgehead atoms. The van der Waals surface area contributed by atoms with Crippen LogP contribution in [0, 0.1) is 5.92 Å². The quantitative estimate of drug-likeness (QED) is 0.122. The van der Waals surface area contributed by atoms with Gasteiger partial charge in [0, 0.05) is 42.1 Å². The molecule has 2 aliphatic rings. The molecule has 0 unspecified atom stereocenters. The molecule has 3 N–H and O–H groups in total. The number of nitrogens with one attached hydrogen (secondary N) is 2. The van der Waals surface area contributed by atoms with Crippen LogP contribution in [0.15, 0.2) is 109 Å². The van der Waals surface area contributed by atoms with E-state index >= 15 is 0 Å². The first-order valence-electron chi connectivity index (χ1n) is 20.8. The molecule has 2 aromatic heterocycles. The van der Waals surface area contributed by atoms with Crippen LogP contribution in [-0.2, 0) is 48.0 Å². The second-order valence-corrected chi connectivity index (χ2v) is 15.8. The predicted molar refractivity (Wildman–Crippen MR) is 234 cm³/mol. The molecule has 0 spiro atoms. The van der Waals surface area contributed by atoms with Crippen molar-refractivity contribution in [1.29, 1.82) is 0 Å². The predicted octanol–water partition coefficient (Wildman–Crippen LogP) is 6.27. The molecule has 3 aromatic carbocycles.